The standard InChI is InChI=1S/C27H28F3N3O4S/c1-20-10-12-23(13-11-20)38(35,36)33(22-7-5-6-21(18-22)27(28,29)30)19-26(34)32-16-14-31(15-17-32)24-8-3-4-9-25(24)37-2/h3-13,18H,14-17,19H2,1-2H3. The number of hydrogen-bond acceptors (Lipinski definition) is 5. The molecule has 4 rings (SSSR count). The second-order valence-corrected chi connectivity index (χ2v) is 10.8. The van der Waals surface area contributed by atoms with Crippen molar-refractivity contribution in [1.29, 1.82) is 0 Å². The average Bonchev–Trinajstić information content (AvgIpc) is 2.91. The maximum absolute atomic E-state index is 13.6. The van der Waals surface area contributed by atoms with Gasteiger partial charge >= 0.3 is 6.18 Å². The molecule has 1 saturated heterocycles. The lowest BCUT2D eigenvalue weighted by atomic mass is 10.2. The van der Waals surface area contributed by atoms with Crippen LogP contribution in [0.3, 0.4) is 0 Å². The molecule has 0 spiro atoms. The molecule has 202 valence electrons. The van der Waals surface area contributed by atoms with Crippen molar-refractivity contribution in [1.82, 2.24) is 4.90 Å². The average molecular weight is 548 g/mol. The van der Waals surface area contributed by atoms with Crippen molar-refractivity contribution in [3.8, 4) is 5.75 Å². The van der Waals surface area contributed by atoms with Gasteiger partial charge < -0.3 is 14.5 Å². The fourth-order valence-electron chi connectivity index (χ4n) is 4.30. The van der Waals surface area contributed by atoms with Crippen molar-refractivity contribution < 1.29 is 31.1 Å². The molecule has 0 bridgehead atoms. The molecule has 0 unspecified atom stereocenters. The first-order chi connectivity index (χ1) is 18.0. The zero-order valence-electron chi connectivity index (χ0n) is 21.0. The van der Waals surface area contributed by atoms with E-state index in [-0.39, 0.29) is 10.6 Å². The Morgan fingerprint density at radius 1 is 0.947 bits per heavy atom. The van der Waals surface area contributed by atoms with Gasteiger partial charge in [0.1, 0.15) is 12.3 Å². The summed E-state index contributed by atoms with van der Waals surface area (Å²) in [4.78, 5) is 16.8. The number of para-hydroxylation sites is 2. The number of benzene rings is 3. The van der Waals surface area contributed by atoms with E-state index in [4.69, 9.17) is 4.74 Å². The lowest BCUT2D eigenvalue weighted by Gasteiger charge is -2.37. The number of carbonyl (C=O) groups is 1. The van der Waals surface area contributed by atoms with E-state index in [1.807, 2.05) is 24.3 Å². The Kier molecular flexibility index (Phi) is 7.86. The number of ether oxygens (including phenoxy) is 1. The van der Waals surface area contributed by atoms with E-state index in [9.17, 15) is 26.4 Å². The molecule has 3 aromatic rings. The topological polar surface area (TPSA) is 70.2 Å². The summed E-state index contributed by atoms with van der Waals surface area (Å²) >= 11 is 0. The lowest BCUT2D eigenvalue weighted by Crippen LogP contribution is -2.52. The highest BCUT2D eigenvalue weighted by Gasteiger charge is 2.34. The van der Waals surface area contributed by atoms with Gasteiger partial charge in [-0.15, -0.1) is 0 Å². The van der Waals surface area contributed by atoms with Crippen LogP contribution >= 0.6 is 0 Å². The highest BCUT2D eigenvalue weighted by atomic mass is 32.2. The Hall–Kier alpha value is -3.73. The number of piperazine rings is 1. The summed E-state index contributed by atoms with van der Waals surface area (Å²) in [6.07, 6.45) is -4.67. The van der Waals surface area contributed by atoms with Gasteiger partial charge in [0.2, 0.25) is 5.91 Å². The normalized spacial score (nSPS) is 14.3. The Labute approximate surface area is 220 Å². The molecule has 3 aromatic carbocycles. The largest absolute Gasteiger partial charge is 0.495 e. The van der Waals surface area contributed by atoms with E-state index >= 15 is 0 Å². The van der Waals surface area contributed by atoms with Crippen LogP contribution in [0.4, 0.5) is 24.5 Å². The van der Waals surface area contributed by atoms with Gasteiger partial charge in [-0.25, -0.2) is 8.42 Å². The predicted molar refractivity (Wildman–Crippen MR) is 139 cm³/mol. The van der Waals surface area contributed by atoms with E-state index in [0.29, 0.717) is 31.9 Å². The number of alkyl halides is 3. The Balaban J connectivity index is 1.59. The molecule has 0 aliphatic carbocycles. The number of methoxy groups -OCH3 is 1. The number of hydrogen-bond donors (Lipinski definition) is 0. The van der Waals surface area contributed by atoms with Gasteiger partial charge in [0, 0.05) is 26.2 Å². The first-order valence-electron chi connectivity index (χ1n) is 11.9. The third kappa shape index (κ3) is 5.88. The summed E-state index contributed by atoms with van der Waals surface area (Å²) in [6, 6.07) is 17.4. The van der Waals surface area contributed by atoms with E-state index in [1.165, 1.54) is 23.1 Å². The number of rotatable bonds is 7. The van der Waals surface area contributed by atoms with Crippen molar-refractivity contribution in [3.05, 3.63) is 83.9 Å². The molecular formula is C27H28F3N3O4S. The molecule has 7 nitrogen and oxygen atoms in total. The van der Waals surface area contributed by atoms with E-state index < -0.39 is 34.2 Å². The highest BCUT2D eigenvalue weighted by Crippen LogP contribution is 2.33. The van der Waals surface area contributed by atoms with Crippen LogP contribution < -0.4 is 13.9 Å². The number of nitrogens with zero attached hydrogens (tertiary/aromatic N) is 3. The SMILES string of the molecule is COc1ccccc1N1CCN(C(=O)CN(c2cccc(C(F)(F)F)c2)S(=O)(=O)c2ccc(C)cc2)CC1. The summed E-state index contributed by atoms with van der Waals surface area (Å²) in [5, 5.41) is 0. The second-order valence-electron chi connectivity index (χ2n) is 8.91. The molecule has 0 aromatic heterocycles. The van der Waals surface area contributed by atoms with Crippen molar-refractivity contribution in [2.24, 2.45) is 0 Å². The van der Waals surface area contributed by atoms with Gasteiger partial charge in [-0.05, 0) is 49.4 Å². The number of sulfonamides is 1. The van der Waals surface area contributed by atoms with Crippen LogP contribution in [0, 0.1) is 6.92 Å². The molecule has 38 heavy (non-hydrogen) atoms. The van der Waals surface area contributed by atoms with Crippen LogP contribution in [0.25, 0.3) is 0 Å². The summed E-state index contributed by atoms with van der Waals surface area (Å²) in [6.45, 7) is 2.76. The molecule has 0 N–H and O–H groups in total. The van der Waals surface area contributed by atoms with E-state index in [1.54, 1.807) is 26.2 Å². The molecule has 1 aliphatic rings. The number of carbonyl (C=O) groups excluding carboxylic acids is 1. The summed E-state index contributed by atoms with van der Waals surface area (Å²) < 4.78 is 73.6. The van der Waals surface area contributed by atoms with Gasteiger partial charge in [0.15, 0.2) is 0 Å². The number of anilines is 2. The summed E-state index contributed by atoms with van der Waals surface area (Å²) in [5.74, 6) is 0.199. The quantitative estimate of drug-likeness (QED) is 0.434. The van der Waals surface area contributed by atoms with Crippen LogP contribution in [-0.4, -0.2) is 59.1 Å². The molecule has 0 saturated carbocycles. The molecule has 1 aliphatic heterocycles. The third-order valence-electron chi connectivity index (χ3n) is 6.41. The van der Waals surface area contributed by atoms with Crippen molar-refractivity contribution in [2.75, 3.05) is 49.0 Å². The van der Waals surface area contributed by atoms with Crippen LogP contribution in [0.1, 0.15) is 11.1 Å². The van der Waals surface area contributed by atoms with Gasteiger partial charge in [-0.1, -0.05) is 35.9 Å². The van der Waals surface area contributed by atoms with Crippen molar-refractivity contribution in [3.63, 3.8) is 0 Å². The van der Waals surface area contributed by atoms with Gasteiger partial charge in [0.05, 0.1) is 28.9 Å². The van der Waals surface area contributed by atoms with E-state index in [2.05, 4.69) is 4.90 Å². The molecular weight excluding hydrogens is 519 g/mol. The number of halogens is 3. The zero-order chi connectivity index (χ0) is 27.5. The Morgan fingerprint density at radius 3 is 2.24 bits per heavy atom. The monoisotopic (exact) mass is 547 g/mol. The van der Waals surface area contributed by atoms with E-state index in [0.717, 1.165) is 33.8 Å². The zero-order valence-corrected chi connectivity index (χ0v) is 21.8. The number of aryl methyl sites for hydroxylation is 1. The van der Waals surface area contributed by atoms with Gasteiger partial charge in [-0.3, -0.25) is 9.10 Å². The fourth-order valence-corrected chi connectivity index (χ4v) is 5.71. The number of amides is 1. The molecule has 11 heteroatoms. The maximum atomic E-state index is 13.6. The maximum Gasteiger partial charge on any atom is 0.416 e. The minimum absolute atomic E-state index is 0.116. The lowest BCUT2D eigenvalue weighted by molar-refractivity contribution is -0.137. The molecule has 0 radical (unpaired) electrons. The molecule has 1 amide bonds. The van der Waals surface area contributed by atoms with Crippen LogP contribution in [0.2, 0.25) is 0 Å². The molecule has 0 atom stereocenters. The Morgan fingerprint density at radius 2 is 1.61 bits per heavy atom. The van der Waals surface area contributed by atoms with Crippen LogP contribution in [0.15, 0.2) is 77.7 Å². The first kappa shape index (κ1) is 27.3. The predicted octanol–water partition coefficient (Wildman–Crippen LogP) is 4.57. The molecule has 1 fully saturated rings. The van der Waals surface area contributed by atoms with Crippen molar-refractivity contribution >= 4 is 27.3 Å². The third-order valence-corrected chi connectivity index (χ3v) is 8.20. The first-order valence-corrected chi connectivity index (χ1v) is 13.4. The van der Waals surface area contributed by atoms with Gasteiger partial charge in [0.25, 0.3) is 10.0 Å². The summed E-state index contributed by atoms with van der Waals surface area (Å²) in [7, 11) is -2.76. The summed E-state index contributed by atoms with van der Waals surface area (Å²) in [5.41, 5.74) is 0.464. The van der Waals surface area contributed by atoms with Crippen LogP contribution in [0.5, 0.6) is 5.75 Å². The Bertz CT molecular complexity index is 1390. The van der Waals surface area contributed by atoms with Gasteiger partial charge in [-0.2, -0.15) is 13.2 Å². The molecule has 1 heterocycles. The highest BCUT2D eigenvalue weighted by molar-refractivity contribution is 7.92. The second kappa shape index (κ2) is 10.9. The van der Waals surface area contributed by atoms with Crippen molar-refractivity contribution in [2.45, 2.75) is 18.0 Å². The fraction of sp³-hybridized carbons (Fsp3) is 0.296. The smallest absolute Gasteiger partial charge is 0.416 e. The van der Waals surface area contributed by atoms with Crippen LogP contribution in [-0.2, 0) is 21.0 Å². The minimum Gasteiger partial charge on any atom is -0.495 e. The minimum atomic E-state index is -4.67.